The maximum atomic E-state index is 6.45. The smallest absolute Gasteiger partial charge is 0.223 e. The zero-order valence-electron chi connectivity index (χ0n) is 10.1. The van der Waals surface area contributed by atoms with Crippen LogP contribution < -0.4 is 5.73 Å². The zero-order valence-corrected chi connectivity index (χ0v) is 11.7. The number of rotatable bonds is 1. The first-order valence-electron chi connectivity index (χ1n) is 5.94. The Morgan fingerprint density at radius 2 is 2.22 bits per heavy atom. The molecule has 2 aromatic rings. The lowest BCUT2D eigenvalue weighted by atomic mass is 9.78. The molecule has 0 spiro atoms. The van der Waals surface area contributed by atoms with Gasteiger partial charge in [-0.05, 0) is 42.5 Å². The maximum absolute atomic E-state index is 6.45. The summed E-state index contributed by atoms with van der Waals surface area (Å²) >= 11 is 3.50. The van der Waals surface area contributed by atoms with Crippen molar-refractivity contribution >= 4 is 15.9 Å². The second-order valence-corrected chi connectivity index (χ2v) is 5.80. The van der Waals surface area contributed by atoms with Gasteiger partial charge >= 0.3 is 0 Å². The van der Waals surface area contributed by atoms with Crippen molar-refractivity contribution < 1.29 is 4.52 Å². The Balaban J connectivity index is 1.96. The summed E-state index contributed by atoms with van der Waals surface area (Å²) in [5, 5.41) is 3.98. The number of hydrogen-bond donors (Lipinski definition) is 1. The van der Waals surface area contributed by atoms with Crippen molar-refractivity contribution in [2.75, 3.05) is 0 Å². The highest BCUT2D eigenvalue weighted by Crippen LogP contribution is 2.34. The lowest BCUT2D eigenvalue weighted by Gasteiger charge is -2.32. The monoisotopic (exact) mass is 307 g/mol. The summed E-state index contributed by atoms with van der Waals surface area (Å²) in [6, 6.07) is 6.33. The first-order chi connectivity index (χ1) is 8.57. The SMILES string of the molecule is Cc1nc(C2(N)CCc3cc(Br)ccc3C2)no1. The van der Waals surface area contributed by atoms with Gasteiger partial charge in [0.15, 0.2) is 5.82 Å². The first-order valence-corrected chi connectivity index (χ1v) is 6.73. The molecule has 1 aliphatic carbocycles. The average Bonchev–Trinajstić information content (AvgIpc) is 2.77. The van der Waals surface area contributed by atoms with Gasteiger partial charge in [-0.25, -0.2) is 0 Å². The van der Waals surface area contributed by atoms with Crippen molar-refractivity contribution in [1.29, 1.82) is 0 Å². The van der Waals surface area contributed by atoms with Crippen LogP contribution >= 0.6 is 15.9 Å². The Bertz CT molecular complexity index is 596. The van der Waals surface area contributed by atoms with Crippen molar-refractivity contribution in [2.45, 2.75) is 31.7 Å². The molecule has 0 aliphatic heterocycles. The topological polar surface area (TPSA) is 64.9 Å². The van der Waals surface area contributed by atoms with Gasteiger partial charge in [0.25, 0.3) is 0 Å². The van der Waals surface area contributed by atoms with Crippen molar-refractivity contribution in [2.24, 2.45) is 5.73 Å². The Kier molecular flexibility index (Phi) is 2.75. The molecular formula is C13H14BrN3O. The van der Waals surface area contributed by atoms with Crippen LogP contribution in [0.25, 0.3) is 0 Å². The lowest BCUT2D eigenvalue weighted by molar-refractivity contribution is 0.328. The van der Waals surface area contributed by atoms with Crippen LogP contribution in [0, 0.1) is 6.92 Å². The summed E-state index contributed by atoms with van der Waals surface area (Å²) in [7, 11) is 0. The van der Waals surface area contributed by atoms with Crippen molar-refractivity contribution in [3.63, 3.8) is 0 Å². The normalized spacial score (nSPS) is 22.8. The molecule has 0 saturated carbocycles. The number of nitrogens with two attached hydrogens (primary N) is 1. The van der Waals surface area contributed by atoms with E-state index >= 15 is 0 Å². The van der Waals surface area contributed by atoms with E-state index in [1.165, 1.54) is 11.1 Å². The van der Waals surface area contributed by atoms with Crippen LogP contribution in [0.4, 0.5) is 0 Å². The quantitative estimate of drug-likeness (QED) is 0.879. The minimum absolute atomic E-state index is 0.501. The largest absolute Gasteiger partial charge is 0.340 e. The number of benzene rings is 1. The van der Waals surface area contributed by atoms with Gasteiger partial charge in [0, 0.05) is 11.4 Å². The minimum atomic E-state index is -0.501. The molecule has 4 nitrogen and oxygen atoms in total. The van der Waals surface area contributed by atoms with E-state index in [2.05, 4.69) is 38.2 Å². The number of halogens is 1. The third kappa shape index (κ3) is 1.97. The van der Waals surface area contributed by atoms with Crippen LogP contribution in [0.5, 0.6) is 0 Å². The summed E-state index contributed by atoms with van der Waals surface area (Å²) < 4.78 is 6.15. The van der Waals surface area contributed by atoms with E-state index in [9.17, 15) is 0 Å². The molecule has 94 valence electrons. The Hall–Kier alpha value is -1.20. The van der Waals surface area contributed by atoms with Gasteiger partial charge in [-0.1, -0.05) is 27.2 Å². The summed E-state index contributed by atoms with van der Waals surface area (Å²) in [4.78, 5) is 4.28. The molecule has 1 aliphatic rings. The lowest BCUT2D eigenvalue weighted by Crippen LogP contribution is -2.43. The van der Waals surface area contributed by atoms with Crippen molar-refractivity contribution in [1.82, 2.24) is 10.1 Å². The van der Waals surface area contributed by atoms with E-state index in [4.69, 9.17) is 10.3 Å². The molecule has 1 heterocycles. The minimum Gasteiger partial charge on any atom is -0.340 e. The van der Waals surface area contributed by atoms with Crippen molar-refractivity contribution in [3.8, 4) is 0 Å². The fraction of sp³-hybridized carbons (Fsp3) is 0.385. The predicted molar refractivity (Wildman–Crippen MR) is 71.1 cm³/mol. The third-order valence-corrected chi connectivity index (χ3v) is 3.98. The molecule has 1 atom stereocenters. The maximum Gasteiger partial charge on any atom is 0.223 e. The van der Waals surface area contributed by atoms with Crippen LogP contribution in [0.3, 0.4) is 0 Å². The molecular weight excluding hydrogens is 294 g/mol. The second-order valence-electron chi connectivity index (χ2n) is 4.88. The average molecular weight is 308 g/mol. The van der Waals surface area contributed by atoms with Gasteiger partial charge < -0.3 is 10.3 Å². The number of aryl methyl sites for hydroxylation is 2. The number of aromatic nitrogens is 2. The van der Waals surface area contributed by atoms with Crippen LogP contribution in [-0.4, -0.2) is 10.1 Å². The van der Waals surface area contributed by atoms with E-state index in [-0.39, 0.29) is 0 Å². The fourth-order valence-electron chi connectivity index (χ4n) is 2.48. The van der Waals surface area contributed by atoms with Gasteiger partial charge in [0.2, 0.25) is 5.89 Å². The van der Waals surface area contributed by atoms with E-state index in [0.717, 1.165) is 23.7 Å². The van der Waals surface area contributed by atoms with Crippen LogP contribution in [0.2, 0.25) is 0 Å². The van der Waals surface area contributed by atoms with Crippen LogP contribution in [0.1, 0.15) is 29.3 Å². The molecule has 1 unspecified atom stereocenters. The van der Waals surface area contributed by atoms with Crippen molar-refractivity contribution in [3.05, 3.63) is 45.5 Å². The summed E-state index contributed by atoms with van der Waals surface area (Å²) in [6.45, 7) is 1.79. The first kappa shape index (κ1) is 11.9. The summed E-state index contributed by atoms with van der Waals surface area (Å²) in [5.41, 5.74) is 8.57. The van der Waals surface area contributed by atoms with Crippen LogP contribution in [0.15, 0.2) is 27.2 Å². The molecule has 0 fully saturated rings. The number of fused-ring (bicyclic) bond motifs is 1. The Labute approximate surface area is 114 Å². The Morgan fingerprint density at radius 3 is 2.94 bits per heavy atom. The predicted octanol–water partition coefficient (Wildman–Crippen LogP) is 2.48. The number of nitrogens with zero attached hydrogens (tertiary/aromatic N) is 2. The molecule has 1 aromatic heterocycles. The van der Waals surface area contributed by atoms with E-state index in [1.807, 2.05) is 6.07 Å². The standard InChI is InChI=1S/C13H14BrN3O/c1-8-16-12(17-18-8)13(15)5-4-9-6-11(14)3-2-10(9)7-13/h2-3,6H,4-5,7,15H2,1H3. The second kappa shape index (κ2) is 4.17. The van der Waals surface area contributed by atoms with Crippen LogP contribution in [-0.2, 0) is 18.4 Å². The zero-order chi connectivity index (χ0) is 12.8. The summed E-state index contributed by atoms with van der Waals surface area (Å²) in [6.07, 6.45) is 2.54. The molecule has 18 heavy (non-hydrogen) atoms. The molecule has 2 N–H and O–H groups in total. The number of hydrogen-bond acceptors (Lipinski definition) is 4. The van der Waals surface area contributed by atoms with Gasteiger partial charge in [0.1, 0.15) is 0 Å². The third-order valence-electron chi connectivity index (χ3n) is 3.49. The van der Waals surface area contributed by atoms with Gasteiger partial charge in [0.05, 0.1) is 5.54 Å². The summed E-state index contributed by atoms with van der Waals surface area (Å²) in [5.74, 6) is 1.19. The molecule has 0 amide bonds. The molecule has 3 rings (SSSR count). The van der Waals surface area contributed by atoms with Gasteiger partial charge in [-0.15, -0.1) is 0 Å². The molecule has 0 bridgehead atoms. The highest BCUT2D eigenvalue weighted by molar-refractivity contribution is 9.10. The van der Waals surface area contributed by atoms with E-state index in [0.29, 0.717) is 11.7 Å². The fourth-order valence-corrected chi connectivity index (χ4v) is 2.89. The van der Waals surface area contributed by atoms with Gasteiger partial charge in [-0.2, -0.15) is 4.98 Å². The highest BCUT2D eigenvalue weighted by atomic mass is 79.9. The Morgan fingerprint density at radius 1 is 1.39 bits per heavy atom. The molecule has 0 saturated heterocycles. The molecule has 5 heteroatoms. The molecule has 0 radical (unpaired) electrons. The van der Waals surface area contributed by atoms with E-state index < -0.39 is 5.54 Å². The molecule has 1 aromatic carbocycles. The van der Waals surface area contributed by atoms with E-state index in [1.54, 1.807) is 6.92 Å². The highest BCUT2D eigenvalue weighted by Gasteiger charge is 2.36. The van der Waals surface area contributed by atoms with Gasteiger partial charge in [-0.3, -0.25) is 0 Å².